The number of benzene rings is 2. The van der Waals surface area contributed by atoms with Crippen LogP contribution in [-0.4, -0.2) is 54.4 Å². The van der Waals surface area contributed by atoms with Gasteiger partial charge in [-0.15, -0.1) is 0 Å². The number of nitrogens with zero attached hydrogens (tertiary/aromatic N) is 2. The predicted molar refractivity (Wildman–Crippen MR) is 100 cm³/mol. The first-order valence-corrected chi connectivity index (χ1v) is 9.22. The first-order valence-electron chi connectivity index (χ1n) is 8.84. The lowest BCUT2D eigenvalue weighted by molar-refractivity contribution is -0.133. The van der Waals surface area contributed by atoms with Crippen molar-refractivity contribution in [3.8, 4) is 5.75 Å². The van der Waals surface area contributed by atoms with Crippen LogP contribution in [-0.2, 0) is 4.79 Å². The van der Waals surface area contributed by atoms with Gasteiger partial charge in [-0.2, -0.15) is 0 Å². The van der Waals surface area contributed by atoms with E-state index in [-0.39, 0.29) is 30.4 Å². The van der Waals surface area contributed by atoms with Crippen LogP contribution in [0.25, 0.3) is 0 Å². The van der Waals surface area contributed by atoms with Crippen LogP contribution in [0, 0.1) is 11.6 Å². The Kier molecular flexibility index (Phi) is 6.46. The first-order chi connectivity index (χ1) is 13.4. The Hall–Kier alpha value is -2.67. The summed E-state index contributed by atoms with van der Waals surface area (Å²) < 4.78 is 31.9. The third-order valence-corrected chi connectivity index (χ3v) is 4.70. The molecular weight excluding hydrogens is 390 g/mol. The number of halogens is 3. The van der Waals surface area contributed by atoms with Crippen LogP contribution in [0.15, 0.2) is 42.5 Å². The van der Waals surface area contributed by atoms with Gasteiger partial charge in [0.1, 0.15) is 5.75 Å². The minimum Gasteiger partial charge on any atom is -0.493 e. The number of hydrogen-bond acceptors (Lipinski definition) is 3. The predicted octanol–water partition coefficient (Wildman–Crippen LogP) is 3.37. The highest BCUT2D eigenvalue weighted by molar-refractivity contribution is 6.30. The van der Waals surface area contributed by atoms with E-state index in [1.165, 1.54) is 11.0 Å². The summed E-state index contributed by atoms with van der Waals surface area (Å²) >= 11 is 5.88. The van der Waals surface area contributed by atoms with E-state index in [0.29, 0.717) is 37.0 Å². The second-order valence-electron chi connectivity index (χ2n) is 6.36. The fourth-order valence-electron chi connectivity index (χ4n) is 2.94. The second-order valence-corrected chi connectivity index (χ2v) is 6.79. The number of ether oxygens (including phenoxy) is 1. The van der Waals surface area contributed by atoms with Crippen LogP contribution >= 0.6 is 11.6 Å². The number of amides is 2. The Labute approximate surface area is 166 Å². The van der Waals surface area contributed by atoms with Crippen LogP contribution in [0.5, 0.6) is 5.75 Å². The van der Waals surface area contributed by atoms with Gasteiger partial charge in [0, 0.05) is 36.8 Å². The summed E-state index contributed by atoms with van der Waals surface area (Å²) in [6.07, 6.45) is 0.212. The highest BCUT2D eigenvalue weighted by Gasteiger charge is 2.25. The molecule has 0 saturated carbocycles. The molecule has 5 nitrogen and oxygen atoms in total. The summed E-state index contributed by atoms with van der Waals surface area (Å²) in [5, 5.41) is 0.561. The number of carbonyl (C=O) groups excluding carboxylic acids is 2. The Morgan fingerprint density at radius 3 is 2.36 bits per heavy atom. The molecule has 8 heteroatoms. The van der Waals surface area contributed by atoms with Crippen LogP contribution in [0.2, 0.25) is 5.02 Å². The van der Waals surface area contributed by atoms with Crippen molar-refractivity contribution in [3.63, 3.8) is 0 Å². The molecule has 0 atom stereocenters. The highest BCUT2D eigenvalue weighted by Crippen LogP contribution is 2.17. The fourth-order valence-corrected chi connectivity index (χ4v) is 3.12. The second kappa shape index (κ2) is 9.01. The van der Waals surface area contributed by atoms with Crippen LogP contribution in [0.1, 0.15) is 16.8 Å². The van der Waals surface area contributed by atoms with E-state index >= 15 is 0 Å². The maximum absolute atomic E-state index is 13.3. The number of hydrogen-bond donors (Lipinski definition) is 0. The van der Waals surface area contributed by atoms with Gasteiger partial charge >= 0.3 is 0 Å². The van der Waals surface area contributed by atoms with Gasteiger partial charge < -0.3 is 14.5 Å². The van der Waals surface area contributed by atoms with Crippen molar-refractivity contribution in [2.45, 2.75) is 6.42 Å². The largest absolute Gasteiger partial charge is 0.493 e. The van der Waals surface area contributed by atoms with E-state index in [1.807, 2.05) is 0 Å². The van der Waals surface area contributed by atoms with Crippen molar-refractivity contribution in [3.05, 3.63) is 64.7 Å². The minimum atomic E-state index is -1.06. The topological polar surface area (TPSA) is 49.9 Å². The normalized spacial score (nSPS) is 14.1. The van der Waals surface area contributed by atoms with Crippen molar-refractivity contribution < 1.29 is 23.1 Å². The van der Waals surface area contributed by atoms with E-state index < -0.39 is 11.6 Å². The monoisotopic (exact) mass is 408 g/mol. The molecule has 0 spiro atoms. The Morgan fingerprint density at radius 2 is 1.68 bits per heavy atom. The van der Waals surface area contributed by atoms with E-state index in [1.54, 1.807) is 29.2 Å². The molecule has 2 amide bonds. The molecule has 1 heterocycles. The Bertz CT molecular complexity index is 870. The molecule has 0 bridgehead atoms. The van der Waals surface area contributed by atoms with Crippen molar-refractivity contribution in [1.29, 1.82) is 0 Å². The zero-order chi connectivity index (χ0) is 20.1. The van der Waals surface area contributed by atoms with Gasteiger partial charge in [-0.3, -0.25) is 9.59 Å². The molecule has 2 aromatic carbocycles. The SMILES string of the molecule is O=C(CCOc1cccc(Cl)c1)N1CCN(C(=O)c2ccc(F)c(F)c2)CC1. The molecule has 28 heavy (non-hydrogen) atoms. The van der Waals surface area contributed by atoms with E-state index in [9.17, 15) is 18.4 Å². The molecule has 0 unspecified atom stereocenters. The van der Waals surface area contributed by atoms with Crippen molar-refractivity contribution in [2.24, 2.45) is 0 Å². The van der Waals surface area contributed by atoms with Crippen molar-refractivity contribution in [2.75, 3.05) is 32.8 Å². The third-order valence-electron chi connectivity index (χ3n) is 4.47. The van der Waals surface area contributed by atoms with Gasteiger partial charge in [0.05, 0.1) is 13.0 Å². The molecule has 0 aliphatic carbocycles. The average Bonchev–Trinajstić information content (AvgIpc) is 2.69. The van der Waals surface area contributed by atoms with Crippen molar-refractivity contribution in [1.82, 2.24) is 9.80 Å². The molecule has 0 aromatic heterocycles. The van der Waals surface area contributed by atoms with Gasteiger partial charge in [-0.25, -0.2) is 8.78 Å². The zero-order valence-corrected chi connectivity index (χ0v) is 15.8. The van der Waals surface area contributed by atoms with Gasteiger partial charge in [0.15, 0.2) is 11.6 Å². The average molecular weight is 409 g/mol. The molecule has 1 aliphatic heterocycles. The molecule has 148 valence electrons. The Morgan fingerprint density at radius 1 is 0.964 bits per heavy atom. The number of rotatable bonds is 5. The maximum Gasteiger partial charge on any atom is 0.254 e. The molecule has 1 aliphatic rings. The van der Waals surface area contributed by atoms with Gasteiger partial charge in [0.2, 0.25) is 5.91 Å². The van der Waals surface area contributed by atoms with Gasteiger partial charge in [-0.05, 0) is 36.4 Å². The lowest BCUT2D eigenvalue weighted by atomic mass is 10.1. The van der Waals surface area contributed by atoms with Gasteiger partial charge in [-0.1, -0.05) is 17.7 Å². The lowest BCUT2D eigenvalue weighted by Gasteiger charge is -2.34. The molecule has 1 saturated heterocycles. The zero-order valence-electron chi connectivity index (χ0n) is 15.0. The third kappa shape index (κ3) is 4.98. The van der Waals surface area contributed by atoms with E-state index in [4.69, 9.17) is 16.3 Å². The molecule has 0 N–H and O–H groups in total. The Balaban J connectivity index is 1.45. The summed E-state index contributed by atoms with van der Waals surface area (Å²) in [4.78, 5) is 27.9. The summed E-state index contributed by atoms with van der Waals surface area (Å²) in [5.41, 5.74) is 0.0913. The summed E-state index contributed by atoms with van der Waals surface area (Å²) in [6.45, 7) is 1.65. The van der Waals surface area contributed by atoms with Gasteiger partial charge in [0.25, 0.3) is 5.91 Å². The smallest absolute Gasteiger partial charge is 0.254 e. The maximum atomic E-state index is 13.3. The lowest BCUT2D eigenvalue weighted by Crippen LogP contribution is -2.50. The van der Waals surface area contributed by atoms with Crippen LogP contribution in [0.3, 0.4) is 0 Å². The molecule has 3 rings (SSSR count). The van der Waals surface area contributed by atoms with Crippen LogP contribution in [0.4, 0.5) is 8.78 Å². The standard InChI is InChI=1S/C20H19ClF2N2O3/c21-15-2-1-3-16(13-15)28-11-6-19(26)24-7-9-25(10-8-24)20(27)14-4-5-17(22)18(23)12-14/h1-5,12-13H,6-11H2. The summed E-state index contributed by atoms with van der Waals surface area (Å²) in [5.74, 6) is -1.90. The summed E-state index contributed by atoms with van der Waals surface area (Å²) in [6, 6.07) is 10.0. The highest BCUT2D eigenvalue weighted by atomic mass is 35.5. The van der Waals surface area contributed by atoms with E-state index in [2.05, 4.69) is 0 Å². The van der Waals surface area contributed by atoms with Crippen molar-refractivity contribution >= 4 is 23.4 Å². The quantitative estimate of drug-likeness (QED) is 0.762. The minimum absolute atomic E-state index is 0.0676. The molecule has 2 aromatic rings. The number of carbonyl (C=O) groups is 2. The summed E-state index contributed by atoms with van der Waals surface area (Å²) in [7, 11) is 0. The molecular formula is C20H19ClF2N2O3. The first kappa shape index (κ1) is 20.1. The number of piperazine rings is 1. The fraction of sp³-hybridized carbons (Fsp3) is 0.300. The molecule has 0 radical (unpaired) electrons. The molecule has 1 fully saturated rings. The van der Waals surface area contributed by atoms with E-state index in [0.717, 1.165) is 12.1 Å². The van der Waals surface area contributed by atoms with Crippen LogP contribution < -0.4 is 4.74 Å².